The van der Waals surface area contributed by atoms with E-state index in [1.165, 1.54) is 37.7 Å². The molecule has 4 saturated carbocycles. The molecule has 1 amide bonds. The Morgan fingerprint density at radius 2 is 1.75 bits per heavy atom. The lowest BCUT2D eigenvalue weighted by molar-refractivity contribution is -0.143. The van der Waals surface area contributed by atoms with E-state index in [2.05, 4.69) is 29.3 Å². The molecule has 1 saturated heterocycles. The van der Waals surface area contributed by atoms with Crippen LogP contribution in [-0.2, 0) is 9.53 Å². The number of halogens is 1. The first-order chi connectivity index (χ1) is 13.6. The number of hydrogen-bond donors (Lipinski definition) is 1. The SMILES string of the molecule is CC(c1ccc(Cl)cc1)N1CCOC(C(=O)NC2C3CC4CC(C3)CC2C4)C1. The summed E-state index contributed by atoms with van der Waals surface area (Å²) in [6.45, 7) is 4.31. The van der Waals surface area contributed by atoms with Gasteiger partial charge in [-0.2, -0.15) is 0 Å². The molecule has 152 valence electrons. The minimum absolute atomic E-state index is 0.102. The van der Waals surface area contributed by atoms with Crippen LogP contribution in [0.3, 0.4) is 0 Å². The van der Waals surface area contributed by atoms with Gasteiger partial charge in [0.25, 0.3) is 5.91 Å². The van der Waals surface area contributed by atoms with E-state index in [0.717, 1.165) is 23.4 Å². The molecule has 4 nitrogen and oxygen atoms in total. The highest BCUT2D eigenvalue weighted by Crippen LogP contribution is 2.53. The third-order valence-corrected chi connectivity index (χ3v) is 8.08. The van der Waals surface area contributed by atoms with E-state index in [-0.39, 0.29) is 18.1 Å². The van der Waals surface area contributed by atoms with Gasteiger partial charge in [0.2, 0.25) is 0 Å². The molecule has 0 aromatic heterocycles. The summed E-state index contributed by atoms with van der Waals surface area (Å²) < 4.78 is 5.89. The van der Waals surface area contributed by atoms with Crippen LogP contribution in [0.25, 0.3) is 0 Å². The maximum atomic E-state index is 13.1. The summed E-state index contributed by atoms with van der Waals surface area (Å²) in [6.07, 6.45) is 6.37. The van der Waals surface area contributed by atoms with Crippen LogP contribution in [0.5, 0.6) is 0 Å². The van der Waals surface area contributed by atoms with E-state index in [0.29, 0.717) is 31.0 Å². The minimum Gasteiger partial charge on any atom is -0.366 e. The van der Waals surface area contributed by atoms with Crippen LogP contribution in [0.2, 0.25) is 5.02 Å². The Balaban J connectivity index is 1.21. The number of morpholine rings is 1. The Morgan fingerprint density at radius 1 is 1.11 bits per heavy atom. The van der Waals surface area contributed by atoms with Crippen LogP contribution < -0.4 is 5.32 Å². The highest BCUT2D eigenvalue weighted by Gasteiger charge is 2.49. The molecule has 1 aliphatic heterocycles. The molecule has 1 aromatic rings. The summed E-state index contributed by atoms with van der Waals surface area (Å²) in [7, 11) is 0. The smallest absolute Gasteiger partial charge is 0.250 e. The predicted molar refractivity (Wildman–Crippen MR) is 110 cm³/mol. The van der Waals surface area contributed by atoms with Crippen LogP contribution >= 0.6 is 11.6 Å². The summed E-state index contributed by atoms with van der Waals surface area (Å²) in [6, 6.07) is 8.65. The van der Waals surface area contributed by atoms with Crippen molar-refractivity contribution >= 4 is 17.5 Å². The number of benzene rings is 1. The summed E-state index contributed by atoms with van der Waals surface area (Å²) in [5, 5.41) is 4.19. The fourth-order valence-corrected chi connectivity index (χ4v) is 6.68. The second kappa shape index (κ2) is 7.62. The monoisotopic (exact) mass is 402 g/mol. The number of nitrogens with one attached hydrogen (secondary N) is 1. The fourth-order valence-electron chi connectivity index (χ4n) is 6.55. The van der Waals surface area contributed by atoms with E-state index in [1.807, 2.05) is 12.1 Å². The lowest BCUT2D eigenvalue weighted by atomic mass is 9.54. The average Bonchev–Trinajstić information content (AvgIpc) is 2.70. The maximum Gasteiger partial charge on any atom is 0.250 e. The van der Waals surface area contributed by atoms with Gasteiger partial charge in [-0.15, -0.1) is 0 Å². The molecular weight excluding hydrogens is 372 g/mol. The number of nitrogens with zero attached hydrogens (tertiary/aromatic N) is 1. The first-order valence-corrected chi connectivity index (χ1v) is 11.4. The molecule has 6 rings (SSSR count). The van der Waals surface area contributed by atoms with Crippen molar-refractivity contribution in [3.05, 3.63) is 34.9 Å². The molecule has 2 unspecified atom stereocenters. The molecule has 5 fully saturated rings. The fraction of sp³-hybridized carbons (Fsp3) is 0.696. The topological polar surface area (TPSA) is 41.6 Å². The zero-order chi connectivity index (χ0) is 19.3. The summed E-state index contributed by atoms with van der Waals surface area (Å²) in [5.41, 5.74) is 1.23. The van der Waals surface area contributed by atoms with Gasteiger partial charge in [0.1, 0.15) is 6.10 Å². The standard InChI is InChI=1S/C23H31ClN2O2/c1-14(17-2-4-20(24)5-3-17)26-6-7-28-21(13-26)23(27)25-22-18-9-15-8-16(11-18)12-19(22)10-15/h2-5,14-16,18-19,21-22H,6-13H2,1H3,(H,25,27). The van der Waals surface area contributed by atoms with Crippen molar-refractivity contribution in [1.82, 2.24) is 10.2 Å². The summed E-state index contributed by atoms with van der Waals surface area (Å²) >= 11 is 6.02. The molecule has 5 heteroatoms. The number of amides is 1. The molecule has 28 heavy (non-hydrogen) atoms. The van der Waals surface area contributed by atoms with Gasteiger partial charge in [-0.1, -0.05) is 23.7 Å². The normalized spacial score (nSPS) is 38.4. The van der Waals surface area contributed by atoms with Gasteiger partial charge in [-0.05, 0) is 80.4 Å². The van der Waals surface area contributed by atoms with Crippen molar-refractivity contribution in [2.75, 3.05) is 19.7 Å². The van der Waals surface area contributed by atoms with Gasteiger partial charge in [-0.25, -0.2) is 0 Å². The highest BCUT2D eigenvalue weighted by molar-refractivity contribution is 6.30. The number of carbonyl (C=O) groups excluding carboxylic acids is 1. The van der Waals surface area contributed by atoms with Gasteiger partial charge in [0, 0.05) is 30.2 Å². The molecule has 0 radical (unpaired) electrons. The Labute approximate surface area is 173 Å². The van der Waals surface area contributed by atoms with E-state index in [1.54, 1.807) is 0 Å². The van der Waals surface area contributed by atoms with Crippen molar-refractivity contribution in [3.8, 4) is 0 Å². The molecule has 2 atom stereocenters. The number of rotatable bonds is 4. The summed E-state index contributed by atoms with van der Waals surface area (Å²) in [5.74, 6) is 3.36. The van der Waals surface area contributed by atoms with Crippen LogP contribution in [-0.4, -0.2) is 42.6 Å². The van der Waals surface area contributed by atoms with Crippen molar-refractivity contribution in [2.45, 2.75) is 57.2 Å². The second-order valence-electron chi connectivity index (χ2n) is 9.55. The first-order valence-electron chi connectivity index (χ1n) is 11.0. The zero-order valence-electron chi connectivity index (χ0n) is 16.6. The van der Waals surface area contributed by atoms with Crippen molar-refractivity contribution < 1.29 is 9.53 Å². The van der Waals surface area contributed by atoms with E-state index < -0.39 is 0 Å². The molecular formula is C23H31ClN2O2. The highest BCUT2D eigenvalue weighted by atomic mass is 35.5. The molecule has 4 aliphatic carbocycles. The Morgan fingerprint density at radius 3 is 2.39 bits per heavy atom. The maximum absolute atomic E-state index is 13.1. The molecule has 5 aliphatic rings. The Kier molecular flexibility index (Phi) is 5.14. The van der Waals surface area contributed by atoms with Crippen LogP contribution in [0.1, 0.15) is 50.6 Å². The average molecular weight is 403 g/mol. The second-order valence-corrected chi connectivity index (χ2v) is 9.98. The van der Waals surface area contributed by atoms with E-state index >= 15 is 0 Å². The van der Waals surface area contributed by atoms with Crippen molar-refractivity contribution in [2.24, 2.45) is 23.7 Å². The van der Waals surface area contributed by atoms with Gasteiger partial charge in [0.05, 0.1) is 6.61 Å². The Bertz CT molecular complexity index is 694. The number of carbonyl (C=O) groups is 1. The lowest BCUT2D eigenvalue weighted by Crippen LogP contribution is -2.59. The van der Waals surface area contributed by atoms with Crippen LogP contribution in [0.15, 0.2) is 24.3 Å². The molecule has 1 N–H and O–H groups in total. The van der Waals surface area contributed by atoms with Gasteiger partial charge < -0.3 is 10.1 Å². The van der Waals surface area contributed by atoms with Crippen LogP contribution in [0.4, 0.5) is 0 Å². The third-order valence-electron chi connectivity index (χ3n) is 7.83. The van der Waals surface area contributed by atoms with Crippen molar-refractivity contribution in [1.29, 1.82) is 0 Å². The molecule has 0 spiro atoms. The Hall–Kier alpha value is -1.10. The molecule has 1 aromatic carbocycles. The van der Waals surface area contributed by atoms with Gasteiger partial charge >= 0.3 is 0 Å². The van der Waals surface area contributed by atoms with E-state index in [9.17, 15) is 4.79 Å². The van der Waals surface area contributed by atoms with E-state index in [4.69, 9.17) is 16.3 Å². The van der Waals surface area contributed by atoms with Gasteiger partial charge in [0.15, 0.2) is 0 Å². The van der Waals surface area contributed by atoms with Crippen molar-refractivity contribution in [3.63, 3.8) is 0 Å². The molecule has 4 bridgehead atoms. The predicted octanol–water partition coefficient (Wildman–Crippen LogP) is 4.04. The zero-order valence-corrected chi connectivity index (χ0v) is 17.4. The quantitative estimate of drug-likeness (QED) is 0.826. The number of ether oxygens (including phenoxy) is 1. The van der Waals surface area contributed by atoms with Gasteiger partial charge in [-0.3, -0.25) is 9.69 Å². The minimum atomic E-state index is -0.360. The summed E-state index contributed by atoms with van der Waals surface area (Å²) in [4.78, 5) is 15.4. The first kappa shape index (κ1) is 18.9. The largest absolute Gasteiger partial charge is 0.366 e. The van der Waals surface area contributed by atoms with Crippen LogP contribution in [0, 0.1) is 23.7 Å². The molecule has 1 heterocycles. The lowest BCUT2D eigenvalue weighted by Gasteiger charge is -2.54. The number of hydrogen-bond acceptors (Lipinski definition) is 3. The third kappa shape index (κ3) is 3.59.